The Bertz CT molecular complexity index is 301. The van der Waals surface area contributed by atoms with Crippen LogP contribution in [0, 0.1) is 17.8 Å². The van der Waals surface area contributed by atoms with E-state index in [-0.39, 0.29) is 6.10 Å². The molecule has 116 valence electrons. The fourth-order valence-electron chi connectivity index (χ4n) is 3.84. The van der Waals surface area contributed by atoms with Crippen molar-refractivity contribution in [3.05, 3.63) is 0 Å². The second-order valence-electron chi connectivity index (χ2n) is 7.54. The molecule has 0 spiro atoms. The molecule has 0 radical (unpaired) electrons. The maximum Gasteiger partial charge on any atom is 0.0578 e. The van der Waals surface area contributed by atoms with Gasteiger partial charge in [0.1, 0.15) is 0 Å². The van der Waals surface area contributed by atoms with E-state index < -0.39 is 0 Å². The standard InChI is InChI=1S/C17H32N2O/c1-2-17(20)15-8-16(18-9-13-6-7-13)12-19(11-15)10-14-4-3-5-14/h13-18,20H,2-12H2,1H3. The van der Waals surface area contributed by atoms with Gasteiger partial charge in [-0.05, 0) is 62.8 Å². The van der Waals surface area contributed by atoms with E-state index in [1.807, 2.05) is 0 Å². The molecule has 3 unspecified atom stereocenters. The van der Waals surface area contributed by atoms with Gasteiger partial charge in [-0.2, -0.15) is 0 Å². The maximum atomic E-state index is 10.3. The van der Waals surface area contributed by atoms with Crippen LogP contribution in [0.1, 0.15) is 51.9 Å². The zero-order chi connectivity index (χ0) is 13.9. The number of aliphatic hydroxyl groups excluding tert-OH is 1. The Labute approximate surface area is 124 Å². The van der Waals surface area contributed by atoms with E-state index in [0.717, 1.165) is 24.8 Å². The molecule has 3 fully saturated rings. The van der Waals surface area contributed by atoms with Gasteiger partial charge in [0.15, 0.2) is 0 Å². The molecule has 3 aliphatic rings. The molecule has 0 aromatic heterocycles. The highest BCUT2D eigenvalue weighted by atomic mass is 16.3. The Morgan fingerprint density at radius 3 is 2.55 bits per heavy atom. The number of nitrogens with one attached hydrogen (secondary N) is 1. The van der Waals surface area contributed by atoms with Crippen LogP contribution in [0.4, 0.5) is 0 Å². The predicted octanol–water partition coefficient (Wildman–Crippen LogP) is 2.25. The van der Waals surface area contributed by atoms with Gasteiger partial charge in [0.2, 0.25) is 0 Å². The highest BCUT2D eigenvalue weighted by Gasteiger charge is 2.33. The minimum atomic E-state index is -0.107. The molecule has 0 amide bonds. The topological polar surface area (TPSA) is 35.5 Å². The summed E-state index contributed by atoms with van der Waals surface area (Å²) in [5.41, 5.74) is 0. The van der Waals surface area contributed by atoms with E-state index in [1.54, 1.807) is 0 Å². The molecule has 1 aliphatic heterocycles. The van der Waals surface area contributed by atoms with Gasteiger partial charge in [0, 0.05) is 25.7 Å². The van der Waals surface area contributed by atoms with E-state index in [1.165, 1.54) is 58.2 Å². The molecular formula is C17H32N2O. The first-order valence-electron chi connectivity index (χ1n) is 8.88. The Hall–Kier alpha value is -0.120. The third kappa shape index (κ3) is 3.96. The molecule has 0 aromatic rings. The summed E-state index contributed by atoms with van der Waals surface area (Å²) in [6.45, 7) is 6.91. The number of aliphatic hydroxyl groups is 1. The van der Waals surface area contributed by atoms with E-state index in [2.05, 4.69) is 17.1 Å². The lowest BCUT2D eigenvalue weighted by Crippen LogP contribution is -2.53. The lowest BCUT2D eigenvalue weighted by molar-refractivity contribution is 0.0247. The van der Waals surface area contributed by atoms with Crippen LogP contribution >= 0.6 is 0 Å². The van der Waals surface area contributed by atoms with Gasteiger partial charge in [-0.25, -0.2) is 0 Å². The summed E-state index contributed by atoms with van der Waals surface area (Å²) in [5, 5.41) is 14.0. The number of hydrogen-bond donors (Lipinski definition) is 2. The molecule has 1 saturated heterocycles. The zero-order valence-corrected chi connectivity index (χ0v) is 13.1. The van der Waals surface area contributed by atoms with Gasteiger partial charge in [-0.3, -0.25) is 0 Å². The van der Waals surface area contributed by atoms with Crippen molar-refractivity contribution in [1.29, 1.82) is 0 Å². The Morgan fingerprint density at radius 1 is 1.15 bits per heavy atom. The monoisotopic (exact) mass is 280 g/mol. The third-order valence-corrected chi connectivity index (χ3v) is 5.65. The van der Waals surface area contributed by atoms with Crippen molar-refractivity contribution in [2.24, 2.45) is 17.8 Å². The Morgan fingerprint density at radius 2 is 1.95 bits per heavy atom. The van der Waals surface area contributed by atoms with Gasteiger partial charge in [-0.1, -0.05) is 13.3 Å². The van der Waals surface area contributed by atoms with Crippen LogP contribution in [0.25, 0.3) is 0 Å². The van der Waals surface area contributed by atoms with Crippen molar-refractivity contribution < 1.29 is 5.11 Å². The van der Waals surface area contributed by atoms with Gasteiger partial charge >= 0.3 is 0 Å². The molecule has 3 rings (SSSR count). The van der Waals surface area contributed by atoms with Gasteiger partial charge in [0.25, 0.3) is 0 Å². The van der Waals surface area contributed by atoms with E-state index in [0.29, 0.717) is 12.0 Å². The summed E-state index contributed by atoms with van der Waals surface area (Å²) >= 11 is 0. The normalized spacial score (nSPS) is 33.9. The fraction of sp³-hybridized carbons (Fsp3) is 1.00. The van der Waals surface area contributed by atoms with Crippen LogP contribution in [-0.2, 0) is 0 Å². The summed E-state index contributed by atoms with van der Waals surface area (Å²) in [5.74, 6) is 2.37. The van der Waals surface area contributed by atoms with Crippen LogP contribution < -0.4 is 5.32 Å². The predicted molar refractivity (Wildman–Crippen MR) is 82.7 cm³/mol. The summed E-state index contributed by atoms with van der Waals surface area (Å²) in [7, 11) is 0. The van der Waals surface area contributed by atoms with Crippen molar-refractivity contribution in [3.63, 3.8) is 0 Å². The fourth-order valence-corrected chi connectivity index (χ4v) is 3.84. The molecule has 0 aromatic carbocycles. The van der Waals surface area contributed by atoms with E-state index in [4.69, 9.17) is 0 Å². The van der Waals surface area contributed by atoms with Crippen LogP contribution in [-0.4, -0.2) is 48.3 Å². The summed E-state index contributed by atoms with van der Waals surface area (Å²) in [4.78, 5) is 2.64. The maximum absolute atomic E-state index is 10.3. The minimum Gasteiger partial charge on any atom is -0.393 e. The molecule has 3 heteroatoms. The first-order chi connectivity index (χ1) is 9.74. The van der Waals surface area contributed by atoms with Crippen LogP contribution in [0.5, 0.6) is 0 Å². The number of nitrogens with zero attached hydrogens (tertiary/aromatic N) is 1. The molecule has 2 aliphatic carbocycles. The summed E-state index contributed by atoms with van der Waals surface area (Å²) in [6.07, 6.45) is 9.10. The molecule has 20 heavy (non-hydrogen) atoms. The first kappa shape index (κ1) is 14.8. The van der Waals surface area contributed by atoms with Gasteiger partial charge < -0.3 is 15.3 Å². The highest BCUT2D eigenvalue weighted by Crippen LogP contribution is 2.31. The number of rotatable bonds is 7. The average molecular weight is 280 g/mol. The van der Waals surface area contributed by atoms with E-state index in [9.17, 15) is 5.11 Å². The molecule has 3 atom stereocenters. The molecule has 3 nitrogen and oxygen atoms in total. The molecule has 1 heterocycles. The lowest BCUT2D eigenvalue weighted by Gasteiger charge is -2.42. The largest absolute Gasteiger partial charge is 0.393 e. The molecule has 2 N–H and O–H groups in total. The molecular weight excluding hydrogens is 248 g/mol. The quantitative estimate of drug-likeness (QED) is 0.751. The summed E-state index contributed by atoms with van der Waals surface area (Å²) < 4.78 is 0. The molecule has 0 bridgehead atoms. The van der Waals surface area contributed by atoms with Gasteiger partial charge in [-0.15, -0.1) is 0 Å². The zero-order valence-electron chi connectivity index (χ0n) is 13.1. The second kappa shape index (κ2) is 6.76. The lowest BCUT2D eigenvalue weighted by atomic mass is 9.83. The number of hydrogen-bond acceptors (Lipinski definition) is 3. The van der Waals surface area contributed by atoms with Crippen molar-refractivity contribution in [1.82, 2.24) is 10.2 Å². The number of likely N-dealkylation sites (tertiary alicyclic amines) is 1. The van der Waals surface area contributed by atoms with Gasteiger partial charge in [0.05, 0.1) is 6.10 Å². The summed E-state index contributed by atoms with van der Waals surface area (Å²) in [6, 6.07) is 0.607. The Kier molecular flexibility index (Phi) is 5.00. The average Bonchev–Trinajstić information content (AvgIpc) is 3.24. The van der Waals surface area contributed by atoms with Crippen molar-refractivity contribution in [2.75, 3.05) is 26.2 Å². The van der Waals surface area contributed by atoms with Crippen molar-refractivity contribution >= 4 is 0 Å². The number of piperidine rings is 1. The highest BCUT2D eigenvalue weighted by molar-refractivity contribution is 4.89. The molecule has 2 saturated carbocycles. The third-order valence-electron chi connectivity index (χ3n) is 5.65. The second-order valence-corrected chi connectivity index (χ2v) is 7.54. The van der Waals surface area contributed by atoms with Crippen LogP contribution in [0.2, 0.25) is 0 Å². The van der Waals surface area contributed by atoms with Crippen LogP contribution in [0.3, 0.4) is 0 Å². The van der Waals surface area contributed by atoms with Crippen molar-refractivity contribution in [2.45, 2.75) is 64.0 Å². The van der Waals surface area contributed by atoms with E-state index >= 15 is 0 Å². The Balaban J connectivity index is 1.51. The SMILES string of the molecule is CCC(O)C1CC(NCC2CC2)CN(CC2CCC2)C1. The first-order valence-corrected chi connectivity index (χ1v) is 8.88. The minimum absolute atomic E-state index is 0.107. The van der Waals surface area contributed by atoms with Crippen LogP contribution in [0.15, 0.2) is 0 Å². The smallest absolute Gasteiger partial charge is 0.0578 e. The van der Waals surface area contributed by atoms with Crippen molar-refractivity contribution in [3.8, 4) is 0 Å².